The standard InChI is InChI=1S/C20H19ClN4O4S/c1-9(2)25-7-12(21)17-16(19(25)27)14(8-30-17)23-13-5-15(22-6-11(13)20(28)29)24-18(26)10-3-4-10/h5-10H,3-4H2,1-2H3,(H,28,29)(H2,22,23,24,26). The number of thiophene rings is 1. The minimum atomic E-state index is -1.18. The minimum Gasteiger partial charge on any atom is -0.478 e. The van der Waals surface area contributed by atoms with Gasteiger partial charge in [-0.05, 0) is 26.7 Å². The third kappa shape index (κ3) is 3.78. The third-order valence-electron chi connectivity index (χ3n) is 4.87. The van der Waals surface area contributed by atoms with Crippen LogP contribution in [0.15, 0.2) is 28.6 Å². The maximum absolute atomic E-state index is 13.0. The summed E-state index contributed by atoms with van der Waals surface area (Å²) in [5, 5.41) is 17.8. The van der Waals surface area contributed by atoms with Crippen LogP contribution >= 0.6 is 22.9 Å². The van der Waals surface area contributed by atoms with Gasteiger partial charge in [0.1, 0.15) is 11.4 Å². The molecule has 1 aliphatic rings. The van der Waals surface area contributed by atoms with Crippen LogP contribution in [0.1, 0.15) is 43.1 Å². The molecule has 0 atom stereocenters. The van der Waals surface area contributed by atoms with Gasteiger partial charge in [0.15, 0.2) is 0 Å². The summed E-state index contributed by atoms with van der Waals surface area (Å²) in [6.07, 6.45) is 4.47. The lowest BCUT2D eigenvalue weighted by Crippen LogP contribution is -2.21. The Morgan fingerprint density at radius 2 is 2.07 bits per heavy atom. The molecule has 8 nitrogen and oxygen atoms in total. The number of anilines is 3. The van der Waals surface area contributed by atoms with E-state index in [-0.39, 0.29) is 40.5 Å². The quantitative estimate of drug-likeness (QED) is 0.514. The number of halogens is 1. The third-order valence-corrected chi connectivity index (χ3v) is 6.28. The SMILES string of the molecule is CC(C)n1cc(Cl)c2scc(Nc3cc(NC(=O)C4CC4)ncc3C(=O)O)c2c1=O. The number of aromatic carboxylic acids is 1. The van der Waals surface area contributed by atoms with Crippen molar-refractivity contribution in [3.8, 4) is 0 Å². The molecule has 3 aromatic rings. The molecule has 1 aliphatic carbocycles. The summed E-state index contributed by atoms with van der Waals surface area (Å²) in [5.74, 6) is -1.08. The average molecular weight is 447 g/mol. The van der Waals surface area contributed by atoms with Gasteiger partial charge in [-0.15, -0.1) is 11.3 Å². The van der Waals surface area contributed by atoms with E-state index in [4.69, 9.17) is 11.6 Å². The number of fused-ring (bicyclic) bond motifs is 1. The van der Waals surface area contributed by atoms with Crippen LogP contribution in [0.25, 0.3) is 10.1 Å². The summed E-state index contributed by atoms with van der Waals surface area (Å²) in [5.41, 5.74) is 0.371. The largest absolute Gasteiger partial charge is 0.478 e. The van der Waals surface area contributed by atoms with Gasteiger partial charge in [-0.25, -0.2) is 9.78 Å². The van der Waals surface area contributed by atoms with Crippen LogP contribution in [0.4, 0.5) is 17.2 Å². The highest BCUT2D eigenvalue weighted by Crippen LogP contribution is 2.36. The summed E-state index contributed by atoms with van der Waals surface area (Å²) < 4.78 is 2.16. The number of carboxylic acid groups (broad SMARTS) is 1. The predicted octanol–water partition coefficient (Wildman–Crippen LogP) is 4.48. The number of pyridine rings is 2. The van der Waals surface area contributed by atoms with Gasteiger partial charge in [-0.3, -0.25) is 9.59 Å². The number of aromatic nitrogens is 2. The number of carboxylic acids is 1. The molecule has 4 rings (SSSR count). The van der Waals surface area contributed by atoms with Gasteiger partial charge in [-0.2, -0.15) is 0 Å². The molecule has 3 N–H and O–H groups in total. The molecule has 30 heavy (non-hydrogen) atoms. The molecule has 0 spiro atoms. The van der Waals surface area contributed by atoms with Gasteiger partial charge < -0.3 is 20.3 Å². The maximum Gasteiger partial charge on any atom is 0.339 e. The number of nitrogens with one attached hydrogen (secondary N) is 2. The zero-order chi connectivity index (χ0) is 21.6. The lowest BCUT2D eigenvalue weighted by Gasteiger charge is -2.13. The van der Waals surface area contributed by atoms with Crippen molar-refractivity contribution in [2.75, 3.05) is 10.6 Å². The first-order valence-corrected chi connectivity index (χ1v) is 10.6. The monoisotopic (exact) mass is 446 g/mol. The topological polar surface area (TPSA) is 113 Å². The second-order valence-electron chi connectivity index (χ2n) is 7.45. The summed E-state index contributed by atoms with van der Waals surface area (Å²) in [6, 6.07) is 1.37. The average Bonchev–Trinajstić information content (AvgIpc) is 3.45. The lowest BCUT2D eigenvalue weighted by molar-refractivity contribution is -0.117. The van der Waals surface area contributed by atoms with Gasteiger partial charge in [0.2, 0.25) is 5.91 Å². The summed E-state index contributed by atoms with van der Waals surface area (Å²) in [7, 11) is 0. The Bertz CT molecular complexity index is 1230. The van der Waals surface area contributed by atoms with Crippen LogP contribution in [0.5, 0.6) is 0 Å². The fraction of sp³-hybridized carbons (Fsp3) is 0.300. The van der Waals surface area contributed by atoms with Gasteiger partial charge in [0.05, 0.1) is 26.5 Å². The Balaban J connectivity index is 1.77. The molecule has 0 radical (unpaired) electrons. The molecule has 3 aromatic heterocycles. The molecule has 0 saturated heterocycles. The van der Waals surface area contributed by atoms with Crippen molar-refractivity contribution >= 4 is 62.1 Å². The highest BCUT2D eigenvalue weighted by molar-refractivity contribution is 7.18. The number of nitrogens with zero attached hydrogens (tertiary/aromatic N) is 2. The highest BCUT2D eigenvalue weighted by Gasteiger charge is 2.30. The first-order chi connectivity index (χ1) is 14.3. The highest BCUT2D eigenvalue weighted by atomic mass is 35.5. The van der Waals surface area contributed by atoms with Crippen LogP contribution in [-0.4, -0.2) is 26.5 Å². The number of carbonyl (C=O) groups excluding carboxylic acids is 1. The Morgan fingerprint density at radius 3 is 2.70 bits per heavy atom. The van der Waals surface area contributed by atoms with Crippen molar-refractivity contribution in [1.82, 2.24) is 9.55 Å². The minimum absolute atomic E-state index is 0.0141. The van der Waals surface area contributed by atoms with Crippen LogP contribution in [0.2, 0.25) is 5.02 Å². The van der Waals surface area contributed by atoms with Gasteiger partial charge in [-0.1, -0.05) is 11.6 Å². The lowest BCUT2D eigenvalue weighted by atomic mass is 10.2. The van der Waals surface area contributed by atoms with E-state index in [1.54, 1.807) is 11.6 Å². The Hall–Kier alpha value is -2.91. The smallest absolute Gasteiger partial charge is 0.339 e. The first-order valence-electron chi connectivity index (χ1n) is 9.39. The van der Waals surface area contributed by atoms with Crippen molar-refractivity contribution in [3.63, 3.8) is 0 Å². The summed E-state index contributed by atoms with van der Waals surface area (Å²) >= 11 is 7.66. The van der Waals surface area contributed by atoms with E-state index in [0.717, 1.165) is 12.8 Å². The normalized spacial score (nSPS) is 13.6. The molecule has 1 amide bonds. The molecule has 0 aromatic carbocycles. The number of carbonyl (C=O) groups is 2. The molecule has 1 saturated carbocycles. The van der Waals surface area contributed by atoms with E-state index in [0.29, 0.717) is 20.8 Å². The van der Waals surface area contributed by atoms with Gasteiger partial charge in [0, 0.05) is 35.8 Å². The van der Waals surface area contributed by atoms with E-state index in [2.05, 4.69) is 15.6 Å². The molecular formula is C20H19ClN4O4S. The fourth-order valence-corrected chi connectivity index (χ4v) is 4.33. The Morgan fingerprint density at radius 1 is 1.33 bits per heavy atom. The molecule has 0 unspecified atom stereocenters. The first kappa shape index (κ1) is 20.4. The molecule has 10 heteroatoms. The number of hydrogen-bond acceptors (Lipinski definition) is 6. The maximum atomic E-state index is 13.0. The molecule has 0 bridgehead atoms. The van der Waals surface area contributed by atoms with Crippen molar-refractivity contribution in [2.24, 2.45) is 5.92 Å². The van der Waals surface area contributed by atoms with E-state index in [1.165, 1.54) is 28.2 Å². The van der Waals surface area contributed by atoms with Crippen LogP contribution < -0.4 is 16.2 Å². The number of hydrogen-bond donors (Lipinski definition) is 3. The second-order valence-corrected chi connectivity index (χ2v) is 8.73. The van der Waals surface area contributed by atoms with Crippen molar-refractivity contribution in [1.29, 1.82) is 0 Å². The van der Waals surface area contributed by atoms with E-state index >= 15 is 0 Å². The van der Waals surface area contributed by atoms with Crippen LogP contribution in [0, 0.1) is 5.92 Å². The van der Waals surface area contributed by atoms with Crippen LogP contribution in [0.3, 0.4) is 0 Å². The van der Waals surface area contributed by atoms with Crippen molar-refractivity contribution in [3.05, 3.63) is 44.8 Å². The molecular weight excluding hydrogens is 428 g/mol. The summed E-state index contributed by atoms with van der Waals surface area (Å²) in [6.45, 7) is 3.76. The van der Waals surface area contributed by atoms with Gasteiger partial charge in [0.25, 0.3) is 5.56 Å². The fourth-order valence-electron chi connectivity index (χ4n) is 3.11. The van der Waals surface area contributed by atoms with E-state index in [1.807, 2.05) is 13.8 Å². The van der Waals surface area contributed by atoms with E-state index in [9.17, 15) is 19.5 Å². The Labute approximate surface area is 180 Å². The molecule has 3 heterocycles. The van der Waals surface area contributed by atoms with Crippen LogP contribution in [-0.2, 0) is 4.79 Å². The van der Waals surface area contributed by atoms with Crippen molar-refractivity contribution in [2.45, 2.75) is 32.7 Å². The molecule has 156 valence electrons. The molecule has 1 fully saturated rings. The van der Waals surface area contributed by atoms with Gasteiger partial charge >= 0.3 is 5.97 Å². The zero-order valence-electron chi connectivity index (χ0n) is 16.2. The van der Waals surface area contributed by atoms with Crippen molar-refractivity contribution < 1.29 is 14.7 Å². The predicted molar refractivity (Wildman–Crippen MR) is 117 cm³/mol. The zero-order valence-corrected chi connectivity index (χ0v) is 17.8. The Kier molecular flexibility index (Phi) is 5.25. The number of rotatable bonds is 6. The second kappa shape index (κ2) is 7.73. The number of amides is 1. The summed E-state index contributed by atoms with van der Waals surface area (Å²) in [4.78, 5) is 40.7. The van der Waals surface area contributed by atoms with E-state index < -0.39 is 5.97 Å². The molecule has 0 aliphatic heterocycles.